The molecule has 3 nitrogen and oxygen atoms in total. The Labute approximate surface area is 132 Å². The molecule has 114 valence electrons. The molecule has 3 heteroatoms. The first-order chi connectivity index (χ1) is 10.7. The van der Waals surface area contributed by atoms with Crippen molar-refractivity contribution >= 4 is 11.6 Å². The summed E-state index contributed by atoms with van der Waals surface area (Å²) in [6.07, 6.45) is 3.00. The second-order valence-corrected chi connectivity index (χ2v) is 5.34. The summed E-state index contributed by atoms with van der Waals surface area (Å²) < 4.78 is 0. The van der Waals surface area contributed by atoms with Crippen LogP contribution >= 0.6 is 0 Å². The van der Waals surface area contributed by atoms with Crippen molar-refractivity contribution in [3.05, 3.63) is 71.3 Å². The minimum Gasteiger partial charge on any atom is -0.267 e. The maximum atomic E-state index is 12.2. The van der Waals surface area contributed by atoms with Gasteiger partial charge in [0.2, 0.25) is 0 Å². The molecule has 0 aliphatic heterocycles. The van der Waals surface area contributed by atoms with Gasteiger partial charge in [-0.3, -0.25) is 4.79 Å². The third-order valence-corrected chi connectivity index (χ3v) is 3.45. The summed E-state index contributed by atoms with van der Waals surface area (Å²) in [4.78, 5) is 12.2. The Morgan fingerprint density at radius 3 is 2.45 bits per heavy atom. The molecule has 0 heterocycles. The van der Waals surface area contributed by atoms with Crippen LogP contribution in [0.15, 0.2) is 59.7 Å². The van der Waals surface area contributed by atoms with Crippen LogP contribution in [-0.2, 0) is 0 Å². The van der Waals surface area contributed by atoms with Gasteiger partial charge in [0.1, 0.15) is 0 Å². The predicted molar refractivity (Wildman–Crippen MR) is 91.1 cm³/mol. The van der Waals surface area contributed by atoms with Crippen molar-refractivity contribution in [2.75, 3.05) is 0 Å². The molecule has 0 atom stereocenters. The zero-order chi connectivity index (χ0) is 15.8. The first kappa shape index (κ1) is 16.0. The largest absolute Gasteiger partial charge is 0.271 e. The number of amides is 1. The van der Waals surface area contributed by atoms with Crippen LogP contribution in [0, 0.1) is 6.92 Å². The topological polar surface area (TPSA) is 41.5 Å². The van der Waals surface area contributed by atoms with Crippen LogP contribution in [0.3, 0.4) is 0 Å². The van der Waals surface area contributed by atoms with Crippen LogP contribution in [0.25, 0.3) is 0 Å². The summed E-state index contributed by atoms with van der Waals surface area (Å²) in [6, 6.07) is 17.5. The molecule has 0 fully saturated rings. The van der Waals surface area contributed by atoms with E-state index in [1.807, 2.05) is 55.5 Å². The molecule has 0 spiro atoms. The molecular formula is C19H22N2O. The van der Waals surface area contributed by atoms with Gasteiger partial charge < -0.3 is 0 Å². The summed E-state index contributed by atoms with van der Waals surface area (Å²) >= 11 is 0. The molecule has 2 aromatic rings. The maximum absolute atomic E-state index is 12.2. The fraction of sp³-hybridized carbons (Fsp3) is 0.263. The third-order valence-electron chi connectivity index (χ3n) is 3.45. The number of rotatable bonds is 6. The summed E-state index contributed by atoms with van der Waals surface area (Å²) in [5.41, 5.74) is 6.35. The Morgan fingerprint density at radius 2 is 1.77 bits per heavy atom. The quantitative estimate of drug-likeness (QED) is 0.625. The van der Waals surface area contributed by atoms with Crippen molar-refractivity contribution in [2.24, 2.45) is 5.10 Å². The highest BCUT2D eigenvalue weighted by Crippen LogP contribution is 2.08. The number of hydrazone groups is 1. The first-order valence-corrected chi connectivity index (χ1v) is 7.69. The molecule has 2 rings (SSSR count). The Morgan fingerprint density at radius 1 is 1.05 bits per heavy atom. The molecule has 0 aromatic heterocycles. The first-order valence-electron chi connectivity index (χ1n) is 7.69. The van der Waals surface area contributed by atoms with Gasteiger partial charge in [0.15, 0.2) is 0 Å². The number of nitrogens with zero attached hydrogens (tertiary/aromatic N) is 1. The fourth-order valence-corrected chi connectivity index (χ4v) is 2.21. The number of carbonyl (C=O) groups excluding carboxylic acids is 1. The normalized spacial score (nSPS) is 11.3. The number of benzene rings is 2. The SMILES string of the molecule is CCCC/C(=N\NC(=O)c1cccc(C)c1)c1ccccc1. The van der Waals surface area contributed by atoms with E-state index in [0.29, 0.717) is 5.56 Å². The number of hydrogen-bond acceptors (Lipinski definition) is 2. The van der Waals surface area contributed by atoms with Crippen molar-refractivity contribution < 1.29 is 4.79 Å². The molecule has 0 aliphatic carbocycles. The number of unbranched alkanes of at least 4 members (excludes halogenated alkanes) is 1. The second-order valence-electron chi connectivity index (χ2n) is 5.34. The molecule has 2 aromatic carbocycles. The molecule has 1 amide bonds. The molecule has 22 heavy (non-hydrogen) atoms. The van der Waals surface area contributed by atoms with E-state index in [4.69, 9.17) is 0 Å². The molecule has 0 aliphatic rings. The molecule has 0 bridgehead atoms. The van der Waals surface area contributed by atoms with Gasteiger partial charge in [0, 0.05) is 5.56 Å². The molecular weight excluding hydrogens is 272 g/mol. The minimum absolute atomic E-state index is 0.173. The van der Waals surface area contributed by atoms with Crippen LogP contribution in [0.4, 0.5) is 0 Å². The Kier molecular flexibility index (Phi) is 5.90. The van der Waals surface area contributed by atoms with Crippen molar-refractivity contribution in [3.8, 4) is 0 Å². The Bertz CT molecular complexity index is 647. The van der Waals surface area contributed by atoms with E-state index in [1.165, 1.54) is 0 Å². The number of aryl methyl sites for hydroxylation is 1. The van der Waals surface area contributed by atoms with Gasteiger partial charge >= 0.3 is 0 Å². The van der Waals surface area contributed by atoms with Crippen LogP contribution < -0.4 is 5.43 Å². The van der Waals surface area contributed by atoms with Crippen molar-refractivity contribution in [2.45, 2.75) is 33.1 Å². The molecule has 0 saturated heterocycles. The van der Waals surface area contributed by atoms with Gasteiger partial charge in [-0.2, -0.15) is 5.10 Å². The number of carbonyl (C=O) groups is 1. The van der Waals surface area contributed by atoms with Crippen molar-refractivity contribution in [1.82, 2.24) is 5.43 Å². The summed E-state index contributed by atoms with van der Waals surface area (Å²) in [5.74, 6) is -0.173. The predicted octanol–water partition coefficient (Wildman–Crippen LogP) is 4.32. The van der Waals surface area contributed by atoms with Gasteiger partial charge in [0.05, 0.1) is 5.71 Å². The van der Waals surface area contributed by atoms with Crippen LogP contribution in [0.1, 0.15) is 47.7 Å². The molecule has 0 radical (unpaired) electrons. The highest BCUT2D eigenvalue weighted by atomic mass is 16.2. The monoisotopic (exact) mass is 294 g/mol. The van der Waals surface area contributed by atoms with Gasteiger partial charge in [-0.25, -0.2) is 5.43 Å². The van der Waals surface area contributed by atoms with E-state index in [0.717, 1.165) is 36.1 Å². The zero-order valence-corrected chi connectivity index (χ0v) is 13.2. The van der Waals surface area contributed by atoms with E-state index >= 15 is 0 Å². The lowest BCUT2D eigenvalue weighted by Crippen LogP contribution is -2.20. The third kappa shape index (κ3) is 4.55. The smallest absolute Gasteiger partial charge is 0.267 e. The van der Waals surface area contributed by atoms with Crippen molar-refractivity contribution in [1.29, 1.82) is 0 Å². The maximum Gasteiger partial charge on any atom is 0.271 e. The lowest BCUT2D eigenvalue weighted by Gasteiger charge is -2.07. The fourth-order valence-electron chi connectivity index (χ4n) is 2.21. The second kappa shape index (κ2) is 8.13. The average molecular weight is 294 g/mol. The minimum atomic E-state index is -0.173. The molecule has 0 unspecified atom stereocenters. The Balaban J connectivity index is 2.14. The highest BCUT2D eigenvalue weighted by Gasteiger charge is 2.07. The molecule has 0 saturated carbocycles. The van der Waals surface area contributed by atoms with E-state index in [2.05, 4.69) is 17.5 Å². The summed E-state index contributed by atoms with van der Waals surface area (Å²) in [6.45, 7) is 4.12. The lowest BCUT2D eigenvalue weighted by atomic mass is 10.1. The van der Waals surface area contributed by atoms with E-state index in [9.17, 15) is 4.79 Å². The van der Waals surface area contributed by atoms with Crippen LogP contribution in [-0.4, -0.2) is 11.6 Å². The number of hydrogen-bond donors (Lipinski definition) is 1. The molecule has 1 N–H and O–H groups in total. The van der Waals surface area contributed by atoms with E-state index in [-0.39, 0.29) is 5.91 Å². The van der Waals surface area contributed by atoms with Crippen LogP contribution in [0.2, 0.25) is 0 Å². The number of nitrogens with one attached hydrogen (secondary N) is 1. The Hall–Kier alpha value is -2.42. The summed E-state index contributed by atoms with van der Waals surface area (Å²) in [7, 11) is 0. The summed E-state index contributed by atoms with van der Waals surface area (Å²) in [5, 5.41) is 4.35. The van der Waals surface area contributed by atoms with E-state index in [1.54, 1.807) is 6.07 Å². The van der Waals surface area contributed by atoms with E-state index < -0.39 is 0 Å². The van der Waals surface area contributed by atoms with Gasteiger partial charge in [-0.05, 0) is 37.5 Å². The van der Waals surface area contributed by atoms with Gasteiger partial charge in [0.25, 0.3) is 5.91 Å². The lowest BCUT2D eigenvalue weighted by molar-refractivity contribution is 0.0954. The standard InChI is InChI=1S/C19H22N2O/c1-3-4-13-18(16-10-6-5-7-11-16)20-21-19(22)17-12-8-9-15(2)14-17/h5-12,14H,3-4,13H2,1-2H3,(H,21,22)/b20-18+. The average Bonchev–Trinajstić information content (AvgIpc) is 2.55. The van der Waals surface area contributed by atoms with Crippen molar-refractivity contribution in [3.63, 3.8) is 0 Å². The van der Waals surface area contributed by atoms with Gasteiger partial charge in [-0.1, -0.05) is 61.4 Å². The highest BCUT2D eigenvalue weighted by molar-refractivity contribution is 6.02. The van der Waals surface area contributed by atoms with Gasteiger partial charge in [-0.15, -0.1) is 0 Å². The zero-order valence-electron chi connectivity index (χ0n) is 13.2. The van der Waals surface area contributed by atoms with Crippen LogP contribution in [0.5, 0.6) is 0 Å².